The Hall–Kier alpha value is -1.86. The van der Waals surface area contributed by atoms with Crippen molar-refractivity contribution < 1.29 is 19.8 Å². The number of carbonyl (C=O) groups excluding carboxylic acids is 1. The van der Waals surface area contributed by atoms with Crippen LogP contribution in [0.3, 0.4) is 0 Å². The molecule has 7 nitrogen and oxygen atoms in total. The number of aromatic nitrogens is 1. The summed E-state index contributed by atoms with van der Waals surface area (Å²) in [4.78, 5) is 30.2. The number of rotatable bonds is 4. The molecule has 21 heavy (non-hydrogen) atoms. The number of hydrogen-bond acceptors (Lipinski definition) is 5. The predicted octanol–water partition coefficient (Wildman–Crippen LogP) is 0.218. The van der Waals surface area contributed by atoms with E-state index in [-0.39, 0.29) is 25.4 Å². The van der Waals surface area contributed by atoms with Crippen molar-refractivity contribution in [3.63, 3.8) is 0 Å². The van der Waals surface area contributed by atoms with Gasteiger partial charge in [-0.05, 0) is 12.1 Å². The second kappa shape index (κ2) is 6.28. The molecule has 1 fully saturated rings. The molecule has 0 aromatic carbocycles. The van der Waals surface area contributed by atoms with Crippen molar-refractivity contribution in [1.29, 1.82) is 0 Å². The summed E-state index contributed by atoms with van der Waals surface area (Å²) in [5.74, 6) is -0.912. The third kappa shape index (κ3) is 3.62. The molecular formula is C13H16ClN3O4. The summed E-state index contributed by atoms with van der Waals surface area (Å²) in [7, 11) is 1.68. The van der Waals surface area contributed by atoms with Crippen molar-refractivity contribution >= 4 is 29.3 Å². The van der Waals surface area contributed by atoms with Crippen molar-refractivity contribution in [2.75, 3.05) is 25.0 Å². The van der Waals surface area contributed by atoms with Crippen molar-refractivity contribution in [3.8, 4) is 0 Å². The van der Waals surface area contributed by atoms with E-state index in [2.05, 4.69) is 4.98 Å². The number of carboxylic acid groups (broad SMARTS) is 1. The molecule has 0 aliphatic carbocycles. The molecule has 1 saturated heterocycles. The molecule has 114 valence electrons. The molecule has 0 spiro atoms. The van der Waals surface area contributed by atoms with Gasteiger partial charge in [-0.2, -0.15) is 0 Å². The number of carbonyl (C=O) groups is 2. The highest BCUT2D eigenvalue weighted by Crippen LogP contribution is 2.19. The first-order valence-corrected chi connectivity index (χ1v) is 6.79. The van der Waals surface area contributed by atoms with Crippen LogP contribution in [0.5, 0.6) is 0 Å². The summed E-state index contributed by atoms with van der Waals surface area (Å²) in [5.41, 5.74) is 0. The predicted molar refractivity (Wildman–Crippen MR) is 76.3 cm³/mol. The Morgan fingerprint density at radius 3 is 2.81 bits per heavy atom. The molecule has 2 heterocycles. The summed E-state index contributed by atoms with van der Waals surface area (Å²) in [6.45, 7) is 0.0167. The van der Waals surface area contributed by atoms with E-state index in [0.29, 0.717) is 10.8 Å². The van der Waals surface area contributed by atoms with Crippen LogP contribution in [0.2, 0.25) is 5.02 Å². The lowest BCUT2D eigenvalue weighted by atomic mass is 10.2. The number of β-amino-alcohol motifs (C(OH)–C–C–N with tert-alkyl or cyclic N) is 1. The number of aliphatic hydroxyl groups excluding tert-OH is 1. The Morgan fingerprint density at radius 1 is 1.52 bits per heavy atom. The SMILES string of the molecule is CN(CC(=O)N1C[C@@H](O)C[C@H]1C(=O)O)c1ccc(Cl)cn1. The number of carboxylic acids is 1. The van der Waals surface area contributed by atoms with Crippen molar-refractivity contribution in [2.24, 2.45) is 0 Å². The lowest BCUT2D eigenvalue weighted by molar-refractivity contribution is -0.147. The quantitative estimate of drug-likeness (QED) is 0.826. The highest BCUT2D eigenvalue weighted by atomic mass is 35.5. The first kappa shape index (κ1) is 15.5. The molecule has 2 rings (SSSR count). The van der Waals surface area contributed by atoms with Crippen LogP contribution in [0.1, 0.15) is 6.42 Å². The van der Waals surface area contributed by atoms with E-state index < -0.39 is 18.1 Å². The van der Waals surface area contributed by atoms with Crippen LogP contribution < -0.4 is 4.90 Å². The Bertz CT molecular complexity index is 537. The van der Waals surface area contributed by atoms with E-state index in [4.69, 9.17) is 16.7 Å². The van der Waals surface area contributed by atoms with Crippen LogP contribution in [0, 0.1) is 0 Å². The standard InChI is InChI=1S/C13H16ClN3O4/c1-16(11-3-2-8(14)5-15-11)7-12(19)17-6-9(18)4-10(17)13(20)21/h2-3,5,9-10,18H,4,6-7H2,1H3,(H,20,21)/t9-,10-/m0/s1. The smallest absolute Gasteiger partial charge is 0.326 e. The van der Waals surface area contributed by atoms with Gasteiger partial charge in [0.05, 0.1) is 17.7 Å². The van der Waals surface area contributed by atoms with Gasteiger partial charge in [0, 0.05) is 26.2 Å². The molecule has 0 bridgehead atoms. The summed E-state index contributed by atoms with van der Waals surface area (Å²) in [6.07, 6.45) is 0.732. The Labute approximate surface area is 126 Å². The van der Waals surface area contributed by atoms with Gasteiger partial charge in [0.1, 0.15) is 11.9 Å². The minimum Gasteiger partial charge on any atom is -0.480 e. The maximum Gasteiger partial charge on any atom is 0.326 e. The number of anilines is 1. The van der Waals surface area contributed by atoms with E-state index in [9.17, 15) is 14.7 Å². The van der Waals surface area contributed by atoms with Gasteiger partial charge in [0.25, 0.3) is 0 Å². The molecule has 2 atom stereocenters. The lowest BCUT2D eigenvalue weighted by Gasteiger charge is -2.25. The molecule has 8 heteroatoms. The van der Waals surface area contributed by atoms with Gasteiger partial charge in [-0.25, -0.2) is 9.78 Å². The number of hydrogen-bond donors (Lipinski definition) is 2. The van der Waals surface area contributed by atoms with E-state index in [1.807, 2.05) is 0 Å². The number of likely N-dealkylation sites (N-methyl/N-ethyl adjacent to an activating group) is 1. The number of aliphatic hydroxyl groups is 1. The van der Waals surface area contributed by atoms with Gasteiger partial charge in [-0.15, -0.1) is 0 Å². The molecule has 1 aliphatic heterocycles. The molecule has 1 amide bonds. The number of aliphatic carboxylic acids is 1. The number of pyridine rings is 1. The average molecular weight is 314 g/mol. The lowest BCUT2D eigenvalue weighted by Crippen LogP contribution is -2.45. The van der Waals surface area contributed by atoms with Crippen LogP contribution in [0.15, 0.2) is 18.3 Å². The molecule has 0 saturated carbocycles. The maximum absolute atomic E-state index is 12.2. The summed E-state index contributed by atoms with van der Waals surface area (Å²) in [5, 5.41) is 19.1. The first-order valence-electron chi connectivity index (χ1n) is 6.41. The van der Waals surface area contributed by atoms with Gasteiger partial charge in [-0.3, -0.25) is 4.79 Å². The fraction of sp³-hybridized carbons (Fsp3) is 0.462. The summed E-state index contributed by atoms with van der Waals surface area (Å²) >= 11 is 5.75. The van der Waals surface area contributed by atoms with Gasteiger partial charge in [0.2, 0.25) is 5.91 Å². The van der Waals surface area contributed by atoms with E-state index in [0.717, 1.165) is 0 Å². The molecule has 2 N–H and O–H groups in total. The Kier molecular flexibility index (Phi) is 4.64. The Morgan fingerprint density at radius 2 is 2.24 bits per heavy atom. The fourth-order valence-electron chi connectivity index (χ4n) is 2.29. The van der Waals surface area contributed by atoms with E-state index >= 15 is 0 Å². The van der Waals surface area contributed by atoms with Crippen LogP contribution in [-0.2, 0) is 9.59 Å². The van der Waals surface area contributed by atoms with Crippen molar-refractivity contribution in [2.45, 2.75) is 18.6 Å². The molecule has 1 aromatic rings. The highest BCUT2D eigenvalue weighted by molar-refractivity contribution is 6.30. The zero-order valence-electron chi connectivity index (χ0n) is 11.4. The van der Waals surface area contributed by atoms with Crippen LogP contribution in [0.4, 0.5) is 5.82 Å². The van der Waals surface area contributed by atoms with Gasteiger partial charge < -0.3 is 20.0 Å². The monoisotopic (exact) mass is 313 g/mol. The second-order valence-corrected chi connectivity index (χ2v) is 5.42. The van der Waals surface area contributed by atoms with Crippen LogP contribution in [0.25, 0.3) is 0 Å². The van der Waals surface area contributed by atoms with Crippen molar-refractivity contribution in [3.05, 3.63) is 23.4 Å². The normalized spacial score (nSPS) is 21.4. The maximum atomic E-state index is 12.2. The van der Waals surface area contributed by atoms with E-state index in [1.165, 1.54) is 11.1 Å². The summed E-state index contributed by atoms with van der Waals surface area (Å²) < 4.78 is 0. The van der Waals surface area contributed by atoms with Crippen molar-refractivity contribution in [1.82, 2.24) is 9.88 Å². The van der Waals surface area contributed by atoms with E-state index in [1.54, 1.807) is 24.1 Å². The molecule has 1 aliphatic rings. The molecule has 0 unspecified atom stereocenters. The van der Waals surface area contributed by atoms with Gasteiger partial charge in [0.15, 0.2) is 0 Å². The number of nitrogens with zero attached hydrogens (tertiary/aromatic N) is 3. The minimum absolute atomic E-state index is 0.0227. The highest BCUT2D eigenvalue weighted by Gasteiger charge is 2.38. The third-order valence-corrected chi connectivity index (χ3v) is 3.58. The first-order chi connectivity index (χ1) is 9.88. The van der Waals surface area contributed by atoms with Crippen LogP contribution in [-0.4, -0.2) is 64.3 Å². The zero-order chi connectivity index (χ0) is 15.6. The topological polar surface area (TPSA) is 94.0 Å². The van der Waals surface area contributed by atoms with Gasteiger partial charge >= 0.3 is 5.97 Å². The fourth-order valence-corrected chi connectivity index (χ4v) is 2.40. The number of amides is 1. The minimum atomic E-state index is -1.10. The van der Waals surface area contributed by atoms with Gasteiger partial charge in [-0.1, -0.05) is 11.6 Å². The largest absolute Gasteiger partial charge is 0.480 e. The zero-order valence-corrected chi connectivity index (χ0v) is 12.2. The summed E-state index contributed by atoms with van der Waals surface area (Å²) in [6, 6.07) is 2.35. The molecule has 1 aromatic heterocycles. The average Bonchev–Trinajstić information content (AvgIpc) is 2.82. The number of halogens is 1. The molecule has 0 radical (unpaired) electrons. The second-order valence-electron chi connectivity index (χ2n) is 4.98. The number of likely N-dealkylation sites (tertiary alicyclic amines) is 1. The Balaban J connectivity index is 2.03. The third-order valence-electron chi connectivity index (χ3n) is 3.36. The van der Waals surface area contributed by atoms with Crippen LogP contribution >= 0.6 is 11.6 Å². The molecular weight excluding hydrogens is 298 g/mol.